The van der Waals surface area contributed by atoms with E-state index in [-0.39, 0.29) is 6.10 Å². The fourth-order valence-corrected chi connectivity index (χ4v) is 2.30. The van der Waals surface area contributed by atoms with E-state index in [1.807, 2.05) is 14.1 Å². The van der Waals surface area contributed by atoms with E-state index in [4.69, 9.17) is 22.1 Å². The molecule has 1 saturated heterocycles. The van der Waals surface area contributed by atoms with Crippen molar-refractivity contribution in [2.24, 2.45) is 0 Å². The van der Waals surface area contributed by atoms with Gasteiger partial charge < -0.3 is 20.7 Å². The molecule has 20 heavy (non-hydrogen) atoms. The average Bonchev–Trinajstić information content (AvgIpc) is 2.92. The number of hydrogen-bond acceptors (Lipinski definition) is 6. The number of nitrogen functional groups attached to an aromatic ring is 1. The Kier molecular flexibility index (Phi) is 5.39. The van der Waals surface area contributed by atoms with Gasteiger partial charge in [0, 0.05) is 13.2 Å². The van der Waals surface area contributed by atoms with Crippen LogP contribution in [0.4, 0.5) is 11.5 Å². The summed E-state index contributed by atoms with van der Waals surface area (Å²) >= 11 is 6.08. The second-order valence-corrected chi connectivity index (χ2v) is 5.58. The molecule has 0 aliphatic carbocycles. The zero-order valence-electron chi connectivity index (χ0n) is 12.0. The van der Waals surface area contributed by atoms with Gasteiger partial charge in [-0.25, -0.2) is 9.97 Å². The third-order valence-corrected chi connectivity index (χ3v) is 3.50. The summed E-state index contributed by atoms with van der Waals surface area (Å²) in [4.78, 5) is 10.8. The van der Waals surface area contributed by atoms with Gasteiger partial charge in [0.2, 0.25) is 0 Å². The monoisotopic (exact) mass is 299 g/mol. The molecule has 0 saturated carbocycles. The Labute approximate surface area is 124 Å². The molecule has 2 rings (SSSR count). The lowest BCUT2D eigenvalue weighted by atomic mass is 10.2. The van der Waals surface area contributed by atoms with Crippen molar-refractivity contribution in [3.8, 4) is 0 Å². The first kappa shape index (κ1) is 15.3. The van der Waals surface area contributed by atoms with Gasteiger partial charge in [-0.1, -0.05) is 11.6 Å². The maximum atomic E-state index is 6.08. The van der Waals surface area contributed by atoms with Crippen molar-refractivity contribution in [3.05, 3.63) is 11.0 Å². The highest BCUT2D eigenvalue weighted by Gasteiger charge is 2.22. The van der Waals surface area contributed by atoms with E-state index in [2.05, 4.69) is 20.2 Å². The molecular weight excluding hydrogens is 278 g/mol. The van der Waals surface area contributed by atoms with Gasteiger partial charge in [-0.05, 0) is 39.9 Å². The topological polar surface area (TPSA) is 76.3 Å². The molecule has 0 aromatic carbocycles. The van der Waals surface area contributed by atoms with Crippen LogP contribution in [0, 0.1) is 0 Å². The quantitative estimate of drug-likeness (QED) is 0.617. The Morgan fingerprint density at radius 2 is 2.25 bits per heavy atom. The number of anilines is 2. The first-order chi connectivity index (χ1) is 9.58. The van der Waals surface area contributed by atoms with Crippen LogP contribution < -0.4 is 11.1 Å². The lowest BCUT2D eigenvalue weighted by Crippen LogP contribution is -2.17. The van der Waals surface area contributed by atoms with Gasteiger partial charge in [-0.15, -0.1) is 0 Å². The van der Waals surface area contributed by atoms with Crippen molar-refractivity contribution in [1.82, 2.24) is 14.9 Å². The summed E-state index contributed by atoms with van der Waals surface area (Å²) in [5.74, 6) is 1.23. The molecule has 3 N–H and O–H groups in total. The number of nitrogens with two attached hydrogens (primary N) is 1. The van der Waals surface area contributed by atoms with Crippen molar-refractivity contribution in [1.29, 1.82) is 0 Å². The Morgan fingerprint density at radius 1 is 1.45 bits per heavy atom. The van der Waals surface area contributed by atoms with Gasteiger partial charge >= 0.3 is 0 Å². The number of aromatic nitrogens is 2. The Morgan fingerprint density at radius 3 is 2.90 bits per heavy atom. The van der Waals surface area contributed by atoms with Crippen molar-refractivity contribution in [2.75, 3.05) is 44.8 Å². The van der Waals surface area contributed by atoms with Crippen molar-refractivity contribution in [3.63, 3.8) is 0 Å². The maximum absolute atomic E-state index is 6.08. The third kappa shape index (κ3) is 3.94. The van der Waals surface area contributed by atoms with E-state index in [1.54, 1.807) is 0 Å². The zero-order chi connectivity index (χ0) is 14.5. The highest BCUT2D eigenvalue weighted by atomic mass is 35.5. The van der Waals surface area contributed by atoms with Crippen LogP contribution in [0.2, 0.25) is 5.15 Å². The van der Waals surface area contributed by atoms with Crippen LogP contribution >= 0.6 is 11.6 Å². The summed E-state index contributed by atoms with van der Waals surface area (Å²) in [5, 5.41) is 3.52. The number of hydrogen-bond donors (Lipinski definition) is 2. The number of nitrogens with zero attached hydrogens (tertiary/aromatic N) is 3. The fourth-order valence-electron chi connectivity index (χ4n) is 2.12. The van der Waals surface area contributed by atoms with Gasteiger partial charge in [0.15, 0.2) is 16.8 Å². The second kappa shape index (κ2) is 7.06. The Bertz CT molecular complexity index is 449. The van der Waals surface area contributed by atoms with Crippen molar-refractivity contribution >= 4 is 23.1 Å². The van der Waals surface area contributed by atoms with E-state index in [0.29, 0.717) is 22.5 Å². The third-order valence-electron chi connectivity index (χ3n) is 3.21. The van der Waals surface area contributed by atoms with Crippen LogP contribution in [0.15, 0.2) is 0 Å². The summed E-state index contributed by atoms with van der Waals surface area (Å²) in [6.45, 7) is 2.55. The molecule has 1 aliphatic rings. The largest absolute Gasteiger partial charge is 0.393 e. The molecule has 7 heteroatoms. The molecule has 1 atom stereocenters. The molecule has 1 aliphatic heterocycles. The van der Waals surface area contributed by atoms with Crippen LogP contribution in [-0.2, 0) is 4.74 Å². The molecule has 0 amide bonds. The summed E-state index contributed by atoms with van der Waals surface area (Å²) in [7, 11) is 4.09. The predicted octanol–water partition coefficient (Wildman–Crippen LogP) is 1.93. The fraction of sp³-hybridized carbons (Fsp3) is 0.692. The molecular formula is C13H22ClN5O. The highest BCUT2D eigenvalue weighted by molar-refractivity contribution is 6.32. The predicted molar refractivity (Wildman–Crippen MR) is 81.0 cm³/mol. The van der Waals surface area contributed by atoms with Crippen LogP contribution in [-0.4, -0.2) is 48.7 Å². The Hall–Kier alpha value is -1.11. The molecule has 1 fully saturated rings. The number of nitrogens with one attached hydrogen (secondary N) is 1. The molecule has 112 valence electrons. The van der Waals surface area contributed by atoms with E-state index in [0.717, 1.165) is 39.0 Å². The summed E-state index contributed by atoms with van der Waals surface area (Å²) in [5.41, 5.74) is 6.32. The van der Waals surface area contributed by atoms with Crippen LogP contribution in [0.25, 0.3) is 0 Å². The normalized spacial score (nSPS) is 18.7. The lowest BCUT2D eigenvalue weighted by molar-refractivity contribution is 0.105. The zero-order valence-corrected chi connectivity index (χ0v) is 12.8. The van der Waals surface area contributed by atoms with Gasteiger partial charge in [0.05, 0.1) is 0 Å². The van der Waals surface area contributed by atoms with Crippen LogP contribution in [0.1, 0.15) is 31.2 Å². The molecule has 0 bridgehead atoms. The first-order valence-corrected chi connectivity index (χ1v) is 7.29. The molecule has 0 spiro atoms. The molecule has 6 nitrogen and oxygen atoms in total. The first-order valence-electron chi connectivity index (χ1n) is 6.91. The molecule has 0 radical (unpaired) electrons. The van der Waals surface area contributed by atoms with Gasteiger partial charge in [-0.2, -0.15) is 0 Å². The minimum Gasteiger partial charge on any atom is -0.393 e. The second-order valence-electron chi connectivity index (χ2n) is 5.22. The molecule has 1 unspecified atom stereocenters. The summed E-state index contributed by atoms with van der Waals surface area (Å²) in [6.07, 6.45) is 2.90. The van der Waals surface area contributed by atoms with Gasteiger partial charge in [-0.3, -0.25) is 0 Å². The number of rotatable bonds is 6. The van der Waals surface area contributed by atoms with E-state index >= 15 is 0 Å². The Balaban J connectivity index is 2.02. The van der Waals surface area contributed by atoms with E-state index in [1.165, 1.54) is 0 Å². The summed E-state index contributed by atoms with van der Waals surface area (Å²) < 4.78 is 5.59. The number of halogens is 1. The minimum atomic E-state index is -0.0598. The van der Waals surface area contributed by atoms with Crippen molar-refractivity contribution < 1.29 is 4.74 Å². The highest BCUT2D eigenvalue weighted by Crippen LogP contribution is 2.31. The van der Waals surface area contributed by atoms with Crippen LogP contribution in [0.5, 0.6) is 0 Å². The van der Waals surface area contributed by atoms with Gasteiger partial charge in [0.1, 0.15) is 11.8 Å². The molecule has 1 aromatic rings. The lowest BCUT2D eigenvalue weighted by Gasteiger charge is -2.14. The molecule has 1 aromatic heterocycles. The van der Waals surface area contributed by atoms with E-state index < -0.39 is 0 Å². The average molecular weight is 300 g/mol. The van der Waals surface area contributed by atoms with Crippen molar-refractivity contribution in [2.45, 2.75) is 25.4 Å². The number of ether oxygens (including phenoxy) is 1. The van der Waals surface area contributed by atoms with Crippen LogP contribution in [0.3, 0.4) is 0 Å². The van der Waals surface area contributed by atoms with E-state index in [9.17, 15) is 0 Å². The SMILES string of the molecule is CN(C)CCCNc1nc(C2CCCO2)nc(Cl)c1N. The minimum absolute atomic E-state index is 0.0598. The standard InChI is InChI=1S/C13H22ClN5O/c1-19(2)7-4-6-16-13-10(15)11(14)17-12(18-13)9-5-3-8-20-9/h9H,3-8,15H2,1-2H3,(H,16,17,18). The summed E-state index contributed by atoms with van der Waals surface area (Å²) in [6, 6.07) is 0. The maximum Gasteiger partial charge on any atom is 0.161 e. The molecule has 2 heterocycles. The van der Waals surface area contributed by atoms with Gasteiger partial charge in [0.25, 0.3) is 0 Å². The smallest absolute Gasteiger partial charge is 0.161 e.